The molecule has 0 fully saturated rings. The van der Waals surface area contributed by atoms with Crippen LogP contribution in [0, 0.1) is 6.92 Å². The molecule has 0 aliphatic heterocycles. The first-order valence-electron chi connectivity index (χ1n) is 6.26. The summed E-state index contributed by atoms with van der Waals surface area (Å²) >= 11 is 0. The molecule has 0 spiro atoms. The zero-order chi connectivity index (χ0) is 13.0. The van der Waals surface area contributed by atoms with Gasteiger partial charge >= 0.3 is 0 Å². The molecule has 0 amide bonds. The lowest BCUT2D eigenvalue weighted by Gasteiger charge is -1.89. The topological polar surface area (TPSA) is 28.7 Å². The number of nitrogens with one attached hydrogen (secondary N) is 1. The van der Waals surface area contributed by atoms with Crippen LogP contribution in [0.3, 0.4) is 0 Å². The van der Waals surface area contributed by atoms with Gasteiger partial charge in [-0.1, -0.05) is 41.5 Å². The molecule has 0 saturated heterocycles. The van der Waals surface area contributed by atoms with Crippen molar-refractivity contribution in [2.75, 3.05) is 0 Å². The molecule has 0 atom stereocenters. The monoisotopic (exact) mass is 222 g/mol. The van der Waals surface area contributed by atoms with Crippen molar-refractivity contribution in [3.05, 3.63) is 30.1 Å². The van der Waals surface area contributed by atoms with Crippen molar-refractivity contribution >= 4 is 11.0 Å². The quantitative estimate of drug-likeness (QED) is 0.671. The van der Waals surface area contributed by atoms with E-state index in [4.69, 9.17) is 0 Å². The summed E-state index contributed by atoms with van der Waals surface area (Å²) in [6.07, 6.45) is 3.76. The number of fused-ring (bicyclic) bond motifs is 1. The second-order valence-electron chi connectivity index (χ2n) is 2.43. The number of H-pyrrole nitrogens is 1. The predicted octanol–water partition coefficient (Wildman–Crippen LogP) is 4.95. The molecule has 2 aromatic heterocycles. The van der Waals surface area contributed by atoms with Gasteiger partial charge in [-0.15, -0.1) is 0 Å². The molecule has 0 unspecified atom stereocenters. The molecule has 0 bridgehead atoms. The Morgan fingerprint density at radius 1 is 1.00 bits per heavy atom. The Morgan fingerprint density at radius 2 is 1.56 bits per heavy atom. The van der Waals surface area contributed by atoms with Gasteiger partial charge in [0.25, 0.3) is 0 Å². The van der Waals surface area contributed by atoms with Crippen LogP contribution in [0.1, 0.15) is 47.1 Å². The number of aromatic amines is 1. The van der Waals surface area contributed by atoms with Gasteiger partial charge in [0.15, 0.2) is 0 Å². The van der Waals surface area contributed by atoms with Gasteiger partial charge in [-0.05, 0) is 24.6 Å². The predicted molar refractivity (Wildman–Crippen MR) is 74.9 cm³/mol. The minimum Gasteiger partial charge on any atom is -0.346 e. The molecule has 1 N–H and O–H groups in total. The zero-order valence-electron chi connectivity index (χ0n) is 11.8. The van der Waals surface area contributed by atoms with Crippen LogP contribution < -0.4 is 0 Å². The SMILES string of the molecule is CC.CC.CC.Cc1cnc2[nH]ccc2c1. The van der Waals surface area contributed by atoms with Crippen LogP contribution >= 0.6 is 0 Å². The van der Waals surface area contributed by atoms with Crippen LogP contribution in [0.5, 0.6) is 0 Å². The summed E-state index contributed by atoms with van der Waals surface area (Å²) in [6.45, 7) is 14.0. The van der Waals surface area contributed by atoms with E-state index in [9.17, 15) is 0 Å². The highest BCUT2D eigenvalue weighted by Gasteiger charge is 1.92. The van der Waals surface area contributed by atoms with Crippen LogP contribution in [0.25, 0.3) is 11.0 Å². The highest BCUT2D eigenvalue weighted by atomic mass is 14.8. The number of aryl methyl sites for hydroxylation is 1. The number of pyridine rings is 1. The molecule has 0 saturated carbocycles. The molecule has 0 aliphatic rings. The lowest BCUT2D eigenvalue weighted by atomic mass is 10.2. The van der Waals surface area contributed by atoms with Gasteiger partial charge in [0, 0.05) is 17.8 Å². The summed E-state index contributed by atoms with van der Waals surface area (Å²) < 4.78 is 0. The molecule has 0 aromatic carbocycles. The van der Waals surface area contributed by atoms with Crippen LogP contribution in [0.4, 0.5) is 0 Å². The Morgan fingerprint density at radius 3 is 2.12 bits per heavy atom. The third kappa shape index (κ3) is 5.54. The summed E-state index contributed by atoms with van der Waals surface area (Å²) in [4.78, 5) is 7.22. The van der Waals surface area contributed by atoms with Crippen molar-refractivity contribution in [1.29, 1.82) is 0 Å². The van der Waals surface area contributed by atoms with Crippen LogP contribution in [-0.4, -0.2) is 9.97 Å². The first-order valence-corrected chi connectivity index (χ1v) is 6.26. The van der Waals surface area contributed by atoms with Crippen molar-refractivity contribution in [1.82, 2.24) is 9.97 Å². The van der Waals surface area contributed by atoms with Gasteiger partial charge in [0.1, 0.15) is 5.65 Å². The standard InChI is InChI=1S/C8H8N2.3C2H6/c1-6-4-7-2-3-9-8(7)10-5-6;3*1-2/h2-5H,1H3,(H,9,10);3*1-2H3. The first kappa shape index (κ1) is 17.1. The van der Waals surface area contributed by atoms with Gasteiger partial charge in [-0.3, -0.25) is 0 Å². The van der Waals surface area contributed by atoms with Crippen molar-refractivity contribution in [2.45, 2.75) is 48.5 Å². The lowest BCUT2D eigenvalue weighted by Crippen LogP contribution is -1.76. The number of rotatable bonds is 0. The zero-order valence-corrected chi connectivity index (χ0v) is 11.8. The van der Waals surface area contributed by atoms with E-state index < -0.39 is 0 Å². The van der Waals surface area contributed by atoms with Gasteiger partial charge in [0.2, 0.25) is 0 Å². The van der Waals surface area contributed by atoms with E-state index in [1.165, 1.54) is 10.9 Å². The molecule has 2 aromatic rings. The van der Waals surface area contributed by atoms with E-state index in [2.05, 4.69) is 16.0 Å². The highest BCUT2D eigenvalue weighted by molar-refractivity contribution is 5.75. The third-order valence-corrected chi connectivity index (χ3v) is 1.54. The highest BCUT2D eigenvalue weighted by Crippen LogP contribution is 2.09. The van der Waals surface area contributed by atoms with E-state index in [0.29, 0.717) is 0 Å². The molecule has 0 aliphatic carbocycles. The average molecular weight is 222 g/mol. The van der Waals surface area contributed by atoms with Crippen molar-refractivity contribution < 1.29 is 0 Å². The van der Waals surface area contributed by atoms with Crippen molar-refractivity contribution in [2.24, 2.45) is 0 Å². The molecule has 16 heavy (non-hydrogen) atoms. The molecular weight excluding hydrogens is 196 g/mol. The molecule has 0 radical (unpaired) electrons. The number of nitrogens with zero attached hydrogens (tertiary/aromatic N) is 1. The Hall–Kier alpha value is -1.31. The normalized spacial score (nSPS) is 7.69. The fourth-order valence-electron chi connectivity index (χ4n) is 1.05. The summed E-state index contributed by atoms with van der Waals surface area (Å²) in [6, 6.07) is 4.13. The largest absolute Gasteiger partial charge is 0.346 e. The molecule has 2 nitrogen and oxygen atoms in total. The Kier molecular flexibility index (Phi) is 12.6. The summed E-state index contributed by atoms with van der Waals surface area (Å²) in [7, 11) is 0. The van der Waals surface area contributed by atoms with Crippen molar-refractivity contribution in [3.8, 4) is 0 Å². The fourth-order valence-corrected chi connectivity index (χ4v) is 1.05. The van der Waals surface area contributed by atoms with Crippen LogP contribution in [-0.2, 0) is 0 Å². The summed E-state index contributed by atoms with van der Waals surface area (Å²) in [5.74, 6) is 0. The minimum atomic E-state index is 0.964. The average Bonchev–Trinajstić information content (AvgIpc) is 2.84. The number of hydrogen-bond acceptors (Lipinski definition) is 1. The number of aromatic nitrogens is 2. The van der Waals surface area contributed by atoms with Gasteiger partial charge in [0.05, 0.1) is 0 Å². The third-order valence-electron chi connectivity index (χ3n) is 1.54. The maximum Gasteiger partial charge on any atom is 0.137 e. The van der Waals surface area contributed by atoms with Crippen molar-refractivity contribution in [3.63, 3.8) is 0 Å². The van der Waals surface area contributed by atoms with E-state index in [1.807, 2.05) is 66.9 Å². The van der Waals surface area contributed by atoms with E-state index in [-0.39, 0.29) is 0 Å². The Bertz CT molecular complexity index is 350. The van der Waals surface area contributed by atoms with Crippen LogP contribution in [0.15, 0.2) is 24.5 Å². The second-order valence-corrected chi connectivity index (χ2v) is 2.43. The molecular formula is C14H26N2. The summed E-state index contributed by atoms with van der Waals surface area (Å²) in [5, 5.41) is 1.18. The molecule has 92 valence electrons. The smallest absolute Gasteiger partial charge is 0.137 e. The molecule has 2 heterocycles. The Balaban J connectivity index is 0. The Labute approximate surface area is 100 Å². The molecule has 2 rings (SSSR count). The maximum atomic E-state index is 4.19. The van der Waals surface area contributed by atoms with E-state index >= 15 is 0 Å². The van der Waals surface area contributed by atoms with Gasteiger partial charge in [-0.25, -0.2) is 4.98 Å². The number of hydrogen-bond donors (Lipinski definition) is 1. The van der Waals surface area contributed by atoms with Gasteiger partial charge < -0.3 is 4.98 Å². The second kappa shape index (κ2) is 11.8. The fraction of sp³-hybridized carbons (Fsp3) is 0.500. The van der Waals surface area contributed by atoms with Gasteiger partial charge in [-0.2, -0.15) is 0 Å². The maximum absolute atomic E-state index is 4.19. The van der Waals surface area contributed by atoms with Crippen LogP contribution in [0.2, 0.25) is 0 Å². The summed E-state index contributed by atoms with van der Waals surface area (Å²) in [5.41, 5.74) is 2.16. The van der Waals surface area contributed by atoms with E-state index in [1.54, 1.807) is 0 Å². The van der Waals surface area contributed by atoms with E-state index in [0.717, 1.165) is 5.65 Å². The molecule has 2 heteroatoms. The minimum absolute atomic E-state index is 0.964. The first-order chi connectivity index (χ1) is 7.86. The lowest BCUT2D eigenvalue weighted by molar-refractivity contribution is 1.29.